The number of aryl methyl sites for hydroxylation is 4. The third-order valence-corrected chi connectivity index (χ3v) is 6.34. The van der Waals surface area contributed by atoms with Crippen LogP contribution in [-0.2, 0) is 24.2 Å². The molecule has 34 heavy (non-hydrogen) atoms. The summed E-state index contributed by atoms with van der Waals surface area (Å²) in [7, 11) is 1.99. The molecule has 0 saturated heterocycles. The zero-order valence-electron chi connectivity index (χ0n) is 20.4. The molecule has 0 fully saturated rings. The fourth-order valence-electron chi connectivity index (χ4n) is 4.56. The second kappa shape index (κ2) is 10.3. The van der Waals surface area contributed by atoms with Crippen LogP contribution in [0.2, 0.25) is 0 Å². The van der Waals surface area contributed by atoms with Crippen molar-refractivity contribution in [2.45, 2.75) is 53.1 Å². The van der Waals surface area contributed by atoms with Gasteiger partial charge >= 0.3 is 0 Å². The quantitative estimate of drug-likeness (QED) is 0.578. The van der Waals surface area contributed by atoms with Gasteiger partial charge < -0.3 is 10.2 Å². The molecule has 0 aliphatic carbocycles. The molecule has 2 aromatic heterocycles. The number of nitriles is 1. The monoisotopic (exact) mass is 476 g/mol. The summed E-state index contributed by atoms with van der Waals surface area (Å²) in [5.74, 6) is 0.244. The van der Waals surface area contributed by atoms with Crippen molar-refractivity contribution < 1.29 is 4.79 Å². The Hall–Kier alpha value is -3.31. The second-order valence-electron chi connectivity index (χ2n) is 9.18. The van der Waals surface area contributed by atoms with Gasteiger partial charge in [-0.15, -0.1) is 0 Å². The van der Waals surface area contributed by atoms with E-state index in [0.29, 0.717) is 12.1 Å². The summed E-state index contributed by atoms with van der Waals surface area (Å²) in [5.41, 5.74) is 7.77. The van der Waals surface area contributed by atoms with Gasteiger partial charge in [0.2, 0.25) is 5.91 Å². The predicted octanol–water partition coefficient (Wildman–Crippen LogP) is 4.13. The van der Waals surface area contributed by atoms with Crippen molar-refractivity contribution in [1.82, 2.24) is 14.8 Å². The molecular weight excluding hydrogens is 444 g/mol. The van der Waals surface area contributed by atoms with Crippen molar-refractivity contribution in [3.63, 3.8) is 0 Å². The van der Waals surface area contributed by atoms with Crippen LogP contribution in [0.15, 0.2) is 36.7 Å². The number of carbonyl (C=O) groups excluding carboxylic acids is 1. The highest BCUT2D eigenvalue weighted by Crippen LogP contribution is 2.35. The first-order valence-electron chi connectivity index (χ1n) is 11.3. The lowest BCUT2D eigenvalue weighted by molar-refractivity contribution is -0.118. The van der Waals surface area contributed by atoms with Gasteiger partial charge in [-0.05, 0) is 67.5 Å². The number of aromatic nitrogens is 3. The zero-order valence-corrected chi connectivity index (χ0v) is 21.4. The van der Waals surface area contributed by atoms with Crippen LogP contribution in [0.25, 0.3) is 0 Å². The van der Waals surface area contributed by atoms with E-state index in [1.807, 2.05) is 50.0 Å². The number of nitrogens with zero attached hydrogens (tertiary/aromatic N) is 5. The number of rotatable bonds is 6. The van der Waals surface area contributed by atoms with Crippen LogP contribution in [0.3, 0.4) is 0 Å². The smallest absolute Gasteiger partial charge is 0.247 e. The average Bonchev–Trinajstić information content (AvgIpc) is 3.21. The van der Waals surface area contributed by atoms with E-state index in [1.54, 1.807) is 0 Å². The maximum Gasteiger partial charge on any atom is 0.247 e. The van der Waals surface area contributed by atoms with E-state index >= 15 is 0 Å². The molecule has 0 spiro atoms. The van der Waals surface area contributed by atoms with Crippen molar-refractivity contribution in [2.75, 3.05) is 17.3 Å². The van der Waals surface area contributed by atoms with Crippen molar-refractivity contribution in [2.24, 2.45) is 5.92 Å². The van der Waals surface area contributed by atoms with E-state index in [-0.39, 0.29) is 31.4 Å². The van der Waals surface area contributed by atoms with Gasteiger partial charge in [0.1, 0.15) is 6.04 Å². The first kappa shape index (κ1) is 25.3. The third kappa shape index (κ3) is 5.10. The van der Waals surface area contributed by atoms with E-state index in [9.17, 15) is 4.79 Å². The Morgan fingerprint density at radius 1 is 1.21 bits per heavy atom. The molecule has 8 heteroatoms. The third-order valence-electron chi connectivity index (χ3n) is 6.34. The van der Waals surface area contributed by atoms with Crippen LogP contribution in [0.5, 0.6) is 0 Å². The number of amides is 1. The minimum absolute atomic E-state index is 0. The number of hydrogen-bond donors (Lipinski definition) is 1. The molecule has 7 nitrogen and oxygen atoms in total. The maximum atomic E-state index is 12.5. The van der Waals surface area contributed by atoms with Crippen LogP contribution in [-0.4, -0.2) is 33.8 Å². The zero-order chi connectivity index (χ0) is 23.7. The van der Waals surface area contributed by atoms with E-state index in [2.05, 4.69) is 47.5 Å². The van der Waals surface area contributed by atoms with Gasteiger partial charge in [0, 0.05) is 18.9 Å². The molecule has 1 atom stereocenters. The largest absolute Gasteiger partial charge is 0.361 e. The Morgan fingerprint density at radius 2 is 1.97 bits per heavy atom. The van der Waals surface area contributed by atoms with Crippen molar-refractivity contribution in [1.29, 1.82) is 5.26 Å². The standard InChI is InChI=1S/C26H30N6O.H2S/c1-16(2)25-26(33)30-24-18(4)29-22(11-23(24)31(25)5)9-7-20-13-28-32(14-20)15-21-8-6-19(12-27)10-17(21)3;/h6,8,10-11,13-14,16,25H,7,9,15H2,1-5H3,(H,30,33);1H2/t25-;/m0./s1. The fraction of sp³-hybridized carbons (Fsp3) is 0.385. The van der Waals surface area contributed by atoms with E-state index < -0.39 is 0 Å². The molecule has 3 aromatic rings. The summed E-state index contributed by atoms with van der Waals surface area (Å²) < 4.78 is 1.94. The lowest BCUT2D eigenvalue weighted by atomic mass is 9.97. The summed E-state index contributed by atoms with van der Waals surface area (Å²) in [4.78, 5) is 19.4. The van der Waals surface area contributed by atoms with Crippen LogP contribution in [0, 0.1) is 31.1 Å². The molecule has 3 heterocycles. The summed E-state index contributed by atoms with van der Waals surface area (Å²) in [6.45, 7) is 8.78. The van der Waals surface area contributed by atoms with E-state index in [0.717, 1.165) is 52.3 Å². The number of likely N-dealkylation sites (N-methyl/N-ethyl adjacent to an activating group) is 1. The second-order valence-corrected chi connectivity index (χ2v) is 9.18. The van der Waals surface area contributed by atoms with Crippen LogP contribution in [0.4, 0.5) is 11.4 Å². The van der Waals surface area contributed by atoms with Gasteiger partial charge in [0.05, 0.1) is 41.4 Å². The van der Waals surface area contributed by atoms with Gasteiger partial charge in [0.15, 0.2) is 0 Å². The van der Waals surface area contributed by atoms with E-state index in [4.69, 9.17) is 10.2 Å². The minimum Gasteiger partial charge on any atom is -0.361 e. The number of pyridine rings is 1. The highest BCUT2D eigenvalue weighted by Gasteiger charge is 2.34. The number of benzene rings is 1. The first-order valence-corrected chi connectivity index (χ1v) is 11.3. The number of nitrogens with one attached hydrogen (secondary N) is 1. The first-order chi connectivity index (χ1) is 15.8. The SMILES string of the molecule is Cc1cc(C#N)ccc1Cn1cc(CCc2cc3c(c(C)n2)NC(=O)[C@H](C(C)C)N3C)cn1.S. The number of hydrogen-bond acceptors (Lipinski definition) is 5. The van der Waals surface area contributed by atoms with Gasteiger partial charge in [0.25, 0.3) is 0 Å². The maximum absolute atomic E-state index is 12.5. The molecule has 0 saturated carbocycles. The topological polar surface area (TPSA) is 86.8 Å². The van der Waals surface area contributed by atoms with Crippen LogP contribution in [0.1, 0.15) is 47.5 Å². The Kier molecular flexibility index (Phi) is 7.68. The molecule has 1 aliphatic rings. The lowest BCUT2D eigenvalue weighted by Gasteiger charge is -2.38. The van der Waals surface area contributed by atoms with E-state index in [1.165, 1.54) is 0 Å². The Morgan fingerprint density at radius 3 is 2.65 bits per heavy atom. The number of carbonyl (C=O) groups is 1. The highest BCUT2D eigenvalue weighted by atomic mass is 32.1. The molecule has 1 aromatic carbocycles. The normalized spacial score (nSPS) is 14.9. The van der Waals surface area contributed by atoms with Crippen molar-refractivity contribution in [3.05, 3.63) is 70.3 Å². The van der Waals surface area contributed by atoms with Crippen LogP contribution >= 0.6 is 13.5 Å². The highest BCUT2D eigenvalue weighted by molar-refractivity contribution is 7.59. The predicted molar refractivity (Wildman–Crippen MR) is 140 cm³/mol. The average molecular weight is 477 g/mol. The molecular formula is C26H32N6OS. The Bertz CT molecular complexity index is 1240. The molecule has 0 bridgehead atoms. The van der Waals surface area contributed by atoms with Gasteiger partial charge in [-0.2, -0.15) is 23.9 Å². The Balaban J connectivity index is 0.00000324. The number of anilines is 2. The molecule has 1 N–H and O–H groups in total. The van der Waals surface area contributed by atoms with Crippen LogP contribution < -0.4 is 10.2 Å². The Labute approximate surface area is 208 Å². The fourth-order valence-corrected chi connectivity index (χ4v) is 4.56. The van der Waals surface area contributed by atoms with Crippen molar-refractivity contribution in [3.8, 4) is 6.07 Å². The molecule has 1 aliphatic heterocycles. The van der Waals surface area contributed by atoms with Gasteiger partial charge in [-0.3, -0.25) is 14.5 Å². The summed E-state index contributed by atoms with van der Waals surface area (Å²) >= 11 is 0. The van der Waals surface area contributed by atoms with Gasteiger partial charge in [-0.1, -0.05) is 19.9 Å². The summed E-state index contributed by atoms with van der Waals surface area (Å²) in [6, 6.07) is 9.85. The molecule has 178 valence electrons. The minimum atomic E-state index is -0.184. The number of fused-ring (bicyclic) bond motifs is 1. The van der Waals surface area contributed by atoms with Gasteiger partial charge in [-0.25, -0.2) is 0 Å². The summed E-state index contributed by atoms with van der Waals surface area (Å²) in [6.07, 6.45) is 5.61. The van der Waals surface area contributed by atoms with Crippen molar-refractivity contribution >= 4 is 30.8 Å². The molecule has 0 radical (unpaired) electrons. The molecule has 4 rings (SSSR count). The summed E-state index contributed by atoms with van der Waals surface area (Å²) in [5, 5.41) is 16.6. The molecule has 1 amide bonds. The lowest BCUT2D eigenvalue weighted by Crippen LogP contribution is -2.49. The molecule has 0 unspecified atom stereocenters.